The lowest BCUT2D eigenvalue weighted by Crippen LogP contribution is -3.00. The molecule has 1 rings (SSSR count). The van der Waals surface area contributed by atoms with Crippen molar-refractivity contribution in [2.24, 2.45) is 0 Å². The number of nitrogens with zero attached hydrogens (tertiary/aromatic N) is 1. The Labute approximate surface area is 159 Å². The number of unbranched alkanes of at least 4 members (excludes halogenated alkanes) is 7. The molecule has 0 bridgehead atoms. The summed E-state index contributed by atoms with van der Waals surface area (Å²) in [6, 6.07) is 7.91. The van der Waals surface area contributed by atoms with Crippen molar-refractivity contribution in [3.63, 3.8) is 0 Å². The number of rotatable bonds is 11. The SMILES string of the molecule is CCCCCCCCCC[N+](C)(C)C(Cl)c1ccccc1Cl.[Cl-]. The van der Waals surface area contributed by atoms with E-state index >= 15 is 0 Å². The lowest BCUT2D eigenvalue weighted by Gasteiger charge is -2.35. The van der Waals surface area contributed by atoms with Crippen LogP contribution < -0.4 is 12.4 Å². The van der Waals surface area contributed by atoms with E-state index in [-0.39, 0.29) is 17.9 Å². The van der Waals surface area contributed by atoms with Gasteiger partial charge in [-0.1, -0.05) is 86.8 Å². The number of hydrogen-bond acceptors (Lipinski definition) is 0. The van der Waals surface area contributed by atoms with Crippen LogP contribution in [0.15, 0.2) is 24.3 Å². The quantitative estimate of drug-likeness (QED) is 0.237. The molecule has 1 aromatic rings. The van der Waals surface area contributed by atoms with Crippen molar-refractivity contribution < 1.29 is 16.9 Å². The van der Waals surface area contributed by atoms with Crippen LogP contribution in [0, 0.1) is 0 Å². The molecule has 1 atom stereocenters. The Hall–Kier alpha value is 0.0500. The monoisotopic (exact) mass is 379 g/mol. The molecular weight excluding hydrogens is 349 g/mol. The Morgan fingerprint density at radius 1 is 0.913 bits per heavy atom. The lowest BCUT2D eigenvalue weighted by atomic mass is 10.1. The minimum absolute atomic E-state index is 0. The average molecular weight is 381 g/mol. The molecule has 23 heavy (non-hydrogen) atoms. The Morgan fingerprint density at radius 2 is 1.43 bits per heavy atom. The molecule has 0 aromatic heterocycles. The van der Waals surface area contributed by atoms with Gasteiger partial charge in [-0.25, -0.2) is 0 Å². The molecule has 0 aliphatic carbocycles. The van der Waals surface area contributed by atoms with Gasteiger partial charge in [0.1, 0.15) is 0 Å². The number of quaternary nitrogens is 1. The van der Waals surface area contributed by atoms with Gasteiger partial charge in [-0.05, 0) is 18.9 Å². The van der Waals surface area contributed by atoms with Gasteiger partial charge in [0, 0.05) is 5.56 Å². The maximum Gasteiger partial charge on any atom is 0.191 e. The van der Waals surface area contributed by atoms with Crippen molar-refractivity contribution in [1.29, 1.82) is 0 Å². The average Bonchev–Trinajstić information content (AvgIpc) is 2.49. The van der Waals surface area contributed by atoms with Crippen molar-refractivity contribution in [3.8, 4) is 0 Å². The normalized spacial score (nSPS) is 12.7. The highest BCUT2D eigenvalue weighted by Crippen LogP contribution is 2.34. The third-order valence-corrected chi connectivity index (χ3v) is 5.47. The van der Waals surface area contributed by atoms with E-state index < -0.39 is 0 Å². The maximum atomic E-state index is 6.69. The van der Waals surface area contributed by atoms with Crippen molar-refractivity contribution in [2.45, 2.75) is 63.8 Å². The summed E-state index contributed by atoms with van der Waals surface area (Å²) >= 11 is 13.0. The van der Waals surface area contributed by atoms with Crippen molar-refractivity contribution in [3.05, 3.63) is 34.9 Å². The molecule has 0 saturated carbocycles. The zero-order valence-electron chi connectivity index (χ0n) is 14.8. The summed E-state index contributed by atoms with van der Waals surface area (Å²) in [5.74, 6) is 0. The summed E-state index contributed by atoms with van der Waals surface area (Å²) in [7, 11) is 4.39. The first-order valence-corrected chi connectivity index (χ1v) is 9.51. The van der Waals surface area contributed by atoms with E-state index in [1.165, 1.54) is 51.4 Å². The van der Waals surface area contributed by atoms with E-state index in [9.17, 15) is 0 Å². The third kappa shape index (κ3) is 8.63. The van der Waals surface area contributed by atoms with Gasteiger partial charge in [-0.15, -0.1) is 0 Å². The first-order valence-electron chi connectivity index (χ1n) is 8.70. The summed E-state index contributed by atoms with van der Waals surface area (Å²) in [5, 5.41) is 0.768. The molecule has 0 fully saturated rings. The highest BCUT2D eigenvalue weighted by Gasteiger charge is 2.28. The third-order valence-electron chi connectivity index (χ3n) is 4.36. The summed E-state index contributed by atoms with van der Waals surface area (Å²) < 4.78 is 0.779. The molecule has 0 aliphatic heterocycles. The van der Waals surface area contributed by atoms with Crippen molar-refractivity contribution in [1.82, 2.24) is 0 Å². The molecule has 1 unspecified atom stereocenters. The van der Waals surface area contributed by atoms with Gasteiger partial charge in [-0.2, -0.15) is 0 Å². The van der Waals surface area contributed by atoms with E-state index in [2.05, 4.69) is 21.0 Å². The van der Waals surface area contributed by atoms with Gasteiger partial charge in [-0.3, -0.25) is 0 Å². The molecule has 4 heteroatoms. The molecule has 0 saturated heterocycles. The molecule has 0 radical (unpaired) electrons. The molecule has 134 valence electrons. The second-order valence-electron chi connectivity index (χ2n) is 6.83. The van der Waals surface area contributed by atoms with Gasteiger partial charge in [0.25, 0.3) is 0 Å². The summed E-state index contributed by atoms with van der Waals surface area (Å²) in [6.07, 6.45) is 10.8. The zero-order valence-corrected chi connectivity index (χ0v) is 17.1. The Bertz CT molecular complexity index is 421. The maximum absolute atomic E-state index is 6.69. The van der Waals surface area contributed by atoms with Crippen molar-refractivity contribution in [2.75, 3.05) is 20.6 Å². The van der Waals surface area contributed by atoms with Crippen LogP contribution in [0.1, 0.15) is 69.4 Å². The van der Waals surface area contributed by atoms with Crippen LogP contribution in [-0.4, -0.2) is 25.1 Å². The smallest absolute Gasteiger partial charge is 0.191 e. The molecule has 0 spiro atoms. The number of hydrogen-bond donors (Lipinski definition) is 0. The first kappa shape index (κ1) is 23.1. The molecule has 0 N–H and O–H groups in total. The lowest BCUT2D eigenvalue weighted by molar-refractivity contribution is -0.907. The number of halogens is 3. The van der Waals surface area contributed by atoms with E-state index in [0.29, 0.717) is 0 Å². The van der Waals surface area contributed by atoms with Crippen LogP contribution >= 0.6 is 23.2 Å². The second-order valence-corrected chi connectivity index (χ2v) is 7.66. The van der Waals surface area contributed by atoms with Crippen LogP contribution in [0.25, 0.3) is 0 Å². The molecule has 0 aliphatic rings. The zero-order chi connectivity index (χ0) is 16.4. The fourth-order valence-electron chi connectivity index (χ4n) is 2.81. The summed E-state index contributed by atoms with van der Waals surface area (Å²) in [4.78, 5) is 0. The molecular formula is C19H32Cl3N. The van der Waals surface area contributed by atoms with E-state index in [1.54, 1.807) is 0 Å². The minimum atomic E-state index is -0.0849. The Balaban J connectivity index is 0.00000484. The van der Waals surface area contributed by atoms with E-state index in [1.807, 2.05) is 24.3 Å². The first-order chi connectivity index (χ1) is 10.5. The number of alkyl halides is 1. The highest BCUT2D eigenvalue weighted by atomic mass is 35.5. The topological polar surface area (TPSA) is 0 Å². The van der Waals surface area contributed by atoms with E-state index in [4.69, 9.17) is 23.2 Å². The van der Waals surface area contributed by atoms with Gasteiger partial charge in [0.05, 0.1) is 25.7 Å². The van der Waals surface area contributed by atoms with Gasteiger partial charge in [0.2, 0.25) is 0 Å². The largest absolute Gasteiger partial charge is 1.00 e. The number of benzene rings is 1. The molecule has 1 aromatic carbocycles. The minimum Gasteiger partial charge on any atom is -1.00 e. The highest BCUT2D eigenvalue weighted by molar-refractivity contribution is 6.32. The fourth-order valence-corrected chi connectivity index (χ4v) is 3.39. The summed E-state index contributed by atoms with van der Waals surface area (Å²) in [5.41, 5.74) is 0.952. The Morgan fingerprint density at radius 3 is 2.00 bits per heavy atom. The van der Waals surface area contributed by atoms with Crippen LogP contribution in [0.4, 0.5) is 0 Å². The molecule has 1 nitrogen and oxygen atoms in total. The fraction of sp³-hybridized carbons (Fsp3) is 0.684. The predicted octanol–water partition coefficient (Wildman–Crippen LogP) is 3.80. The molecule has 0 heterocycles. The van der Waals surface area contributed by atoms with Gasteiger partial charge >= 0.3 is 0 Å². The van der Waals surface area contributed by atoms with Crippen LogP contribution in [-0.2, 0) is 0 Å². The molecule has 0 amide bonds. The van der Waals surface area contributed by atoms with Crippen molar-refractivity contribution >= 4 is 23.2 Å². The van der Waals surface area contributed by atoms with Gasteiger partial charge < -0.3 is 16.9 Å². The standard InChI is InChI=1S/C19H32Cl2N.ClH/c1-4-5-6-7-8-9-10-13-16-22(2,3)19(21)17-14-11-12-15-18(17)20;/h11-12,14-15,19H,4-10,13,16H2,1-3H3;1H/q+1;/p-1. The Kier molecular flexibility index (Phi) is 12.4. The predicted molar refractivity (Wildman–Crippen MR) is 99.6 cm³/mol. The van der Waals surface area contributed by atoms with Crippen LogP contribution in [0.2, 0.25) is 5.02 Å². The summed E-state index contributed by atoms with van der Waals surface area (Å²) in [6.45, 7) is 3.36. The van der Waals surface area contributed by atoms with Gasteiger partial charge in [0.15, 0.2) is 5.50 Å². The van der Waals surface area contributed by atoms with E-state index in [0.717, 1.165) is 21.6 Å². The van der Waals surface area contributed by atoms with Crippen LogP contribution in [0.3, 0.4) is 0 Å². The van der Waals surface area contributed by atoms with Crippen LogP contribution in [0.5, 0.6) is 0 Å². The second kappa shape index (κ2) is 12.4.